The zero-order chi connectivity index (χ0) is 10.1. The average Bonchev–Trinajstić information content (AvgIpc) is 2.56. The van der Waals surface area contributed by atoms with E-state index in [9.17, 15) is 0 Å². The molecule has 2 heterocycles. The molecule has 0 aliphatic rings. The van der Waals surface area contributed by atoms with Crippen LogP contribution in [-0.4, -0.2) is 24.8 Å². The van der Waals surface area contributed by atoms with Gasteiger partial charge in [-0.05, 0) is 13.0 Å². The minimum Gasteiger partial charge on any atom is -0.392 e. The number of rotatable bonds is 2. The van der Waals surface area contributed by atoms with Gasteiger partial charge in [0.25, 0.3) is 0 Å². The molecule has 14 heavy (non-hydrogen) atoms. The highest BCUT2D eigenvalue weighted by Gasteiger charge is 2.10. The van der Waals surface area contributed by atoms with E-state index in [0.717, 1.165) is 11.3 Å². The summed E-state index contributed by atoms with van der Waals surface area (Å²) in [5.41, 5.74) is 2.90. The quantitative estimate of drug-likeness (QED) is 0.705. The Kier molecular flexibility index (Phi) is 2.18. The molecule has 2 aromatic rings. The topological polar surface area (TPSA) is 70.7 Å². The number of aliphatic hydroxyl groups is 2. The van der Waals surface area contributed by atoms with Crippen molar-refractivity contribution >= 4 is 5.52 Å². The molecule has 2 N–H and O–H groups in total. The number of hydrogen-bond acceptors (Lipinski definition) is 4. The van der Waals surface area contributed by atoms with E-state index in [-0.39, 0.29) is 13.2 Å². The summed E-state index contributed by atoms with van der Waals surface area (Å²) in [6.07, 6.45) is 1.40. The third-order valence-electron chi connectivity index (χ3n) is 2.21. The zero-order valence-electron chi connectivity index (χ0n) is 7.80. The maximum absolute atomic E-state index is 9.12. The van der Waals surface area contributed by atoms with Crippen molar-refractivity contribution in [2.45, 2.75) is 20.1 Å². The van der Waals surface area contributed by atoms with Crippen LogP contribution in [0, 0.1) is 6.92 Å². The van der Waals surface area contributed by atoms with Gasteiger partial charge in [-0.15, -0.1) is 0 Å². The maximum atomic E-state index is 9.12. The van der Waals surface area contributed by atoms with Crippen LogP contribution in [-0.2, 0) is 13.2 Å². The number of hydrogen-bond donors (Lipinski definition) is 2. The van der Waals surface area contributed by atoms with Crippen LogP contribution >= 0.6 is 0 Å². The number of nitrogens with zero attached hydrogens (tertiary/aromatic N) is 3. The van der Waals surface area contributed by atoms with Gasteiger partial charge >= 0.3 is 0 Å². The molecule has 0 aliphatic carbocycles. The van der Waals surface area contributed by atoms with E-state index in [1.165, 1.54) is 6.33 Å². The Morgan fingerprint density at radius 2 is 2.14 bits per heavy atom. The fraction of sp³-hybridized carbons (Fsp3) is 0.333. The molecule has 74 valence electrons. The van der Waals surface area contributed by atoms with Crippen LogP contribution in [0.4, 0.5) is 0 Å². The highest BCUT2D eigenvalue weighted by atomic mass is 16.3. The van der Waals surface area contributed by atoms with E-state index in [2.05, 4.69) is 10.1 Å². The molecule has 0 aliphatic heterocycles. The molecule has 0 spiro atoms. The third-order valence-corrected chi connectivity index (χ3v) is 2.21. The van der Waals surface area contributed by atoms with Crippen LogP contribution < -0.4 is 0 Å². The van der Waals surface area contributed by atoms with Crippen molar-refractivity contribution in [1.82, 2.24) is 14.6 Å². The number of aromatic nitrogens is 3. The predicted molar refractivity (Wildman–Crippen MR) is 49.6 cm³/mol. The van der Waals surface area contributed by atoms with E-state index in [4.69, 9.17) is 10.2 Å². The minimum absolute atomic E-state index is 0.0717. The van der Waals surface area contributed by atoms with Gasteiger partial charge < -0.3 is 10.2 Å². The Bertz CT molecular complexity index is 464. The molecule has 5 heteroatoms. The van der Waals surface area contributed by atoms with Crippen LogP contribution in [0.15, 0.2) is 12.4 Å². The molecule has 0 bridgehead atoms. The molecular weight excluding hydrogens is 182 g/mol. The Morgan fingerprint density at radius 1 is 1.36 bits per heavy atom. The molecule has 0 unspecified atom stereocenters. The molecule has 0 aromatic carbocycles. The first-order valence-corrected chi connectivity index (χ1v) is 4.30. The summed E-state index contributed by atoms with van der Waals surface area (Å²) >= 11 is 0. The van der Waals surface area contributed by atoms with Gasteiger partial charge in [-0.25, -0.2) is 9.50 Å². The summed E-state index contributed by atoms with van der Waals surface area (Å²) in [6.45, 7) is 1.67. The Morgan fingerprint density at radius 3 is 2.79 bits per heavy atom. The fourth-order valence-electron chi connectivity index (χ4n) is 1.59. The molecule has 0 atom stereocenters. The number of fused-ring (bicyclic) bond motifs is 1. The van der Waals surface area contributed by atoms with Gasteiger partial charge in [0.1, 0.15) is 6.33 Å². The van der Waals surface area contributed by atoms with Crippen molar-refractivity contribution in [3.8, 4) is 0 Å². The van der Waals surface area contributed by atoms with Crippen molar-refractivity contribution in [3.05, 3.63) is 29.3 Å². The summed E-state index contributed by atoms with van der Waals surface area (Å²) in [5.74, 6) is 0. The van der Waals surface area contributed by atoms with Crippen LogP contribution in [0.3, 0.4) is 0 Å². The standard InChI is InChI=1S/C9H11N3O2/c1-6-2-7(3-13)9-8(4-14)10-5-11-12(6)9/h2,5,13-14H,3-4H2,1H3. The summed E-state index contributed by atoms with van der Waals surface area (Å²) in [5, 5.41) is 22.2. The first kappa shape index (κ1) is 9.11. The van der Waals surface area contributed by atoms with E-state index in [1.54, 1.807) is 4.52 Å². The van der Waals surface area contributed by atoms with E-state index in [1.807, 2.05) is 13.0 Å². The highest BCUT2D eigenvalue weighted by Crippen LogP contribution is 2.17. The Hall–Kier alpha value is -1.46. The van der Waals surface area contributed by atoms with Crippen molar-refractivity contribution < 1.29 is 10.2 Å². The predicted octanol–water partition coefficient (Wildman–Crippen LogP) is 0.0223. The zero-order valence-corrected chi connectivity index (χ0v) is 7.80. The van der Waals surface area contributed by atoms with Gasteiger partial charge in [-0.2, -0.15) is 5.10 Å². The fourth-order valence-corrected chi connectivity index (χ4v) is 1.59. The average molecular weight is 193 g/mol. The number of aliphatic hydroxyl groups excluding tert-OH is 2. The molecule has 0 saturated carbocycles. The monoisotopic (exact) mass is 193 g/mol. The van der Waals surface area contributed by atoms with E-state index >= 15 is 0 Å². The summed E-state index contributed by atoms with van der Waals surface area (Å²) in [6, 6.07) is 1.84. The maximum Gasteiger partial charge on any atom is 0.136 e. The SMILES string of the molecule is Cc1cc(CO)c2c(CO)ncnn12. The van der Waals surface area contributed by atoms with Crippen LogP contribution in [0.25, 0.3) is 5.52 Å². The van der Waals surface area contributed by atoms with Crippen molar-refractivity contribution in [3.63, 3.8) is 0 Å². The first-order valence-electron chi connectivity index (χ1n) is 4.30. The van der Waals surface area contributed by atoms with Gasteiger partial charge in [0.05, 0.1) is 24.4 Å². The van der Waals surface area contributed by atoms with Crippen molar-refractivity contribution in [2.24, 2.45) is 0 Å². The number of aryl methyl sites for hydroxylation is 1. The van der Waals surface area contributed by atoms with Gasteiger partial charge in [0.15, 0.2) is 0 Å². The van der Waals surface area contributed by atoms with Crippen LogP contribution in [0.5, 0.6) is 0 Å². The molecule has 0 saturated heterocycles. The van der Waals surface area contributed by atoms with Crippen LogP contribution in [0.1, 0.15) is 17.0 Å². The molecule has 0 fully saturated rings. The molecule has 2 aromatic heterocycles. The lowest BCUT2D eigenvalue weighted by molar-refractivity contribution is 0.274. The summed E-state index contributed by atoms with van der Waals surface area (Å²) in [7, 11) is 0. The third kappa shape index (κ3) is 1.18. The first-order chi connectivity index (χ1) is 6.77. The second-order valence-electron chi connectivity index (χ2n) is 3.09. The van der Waals surface area contributed by atoms with E-state index in [0.29, 0.717) is 11.2 Å². The lowest BCUT2D eigenvalue weighted by Gasteiger charge is -2.01. The molecule has 0 radical (unpaired) electrons. The molecular formula is C9H11N3O2. The molecule has 5 nitrogen and oxygen atoms in total. The second kappa shape index (κ2) is 3.36. The van der Waals surface area contributed by atoms with Gasteiger partial charge in [-0.1, -0.05) is 0 Å². The summed E-state index contributed by atoms with van der Waals surface area (Å²) < 4.78 is 1.67. The lowest BCUT2D eigenvalue weighted by atomic mass is 10.2. The van der Waals surface area contributed by atoms with Crippen LogP contribution in [0.2, 0.25) is 0 Å². The molecule has 0 amide bonds. The molecule has 2 rings (SSSR count). The summed E-state index contributed by atoms with van der Waals surface area (Å²) in [4.78, 5) is 3.95. The Balaban J connectivity index is 2.82. The van der Waals surface area contributed by atoms with Crippen molar-refractivity contribution in [2.75, 3.05) is 0 Å². The van der Waals surface area contributed by atoms with E-state index < -0.39 is 0 Å². The highest BCUT2D eigenvalue weighted by molar-refractivity contribution is 5.59. The second-order valence-corrected chi connectivity index (χ2v) is 3.09. The van der Waals surface area contributed by atoms with Gasteiger partial charge in [0.2, 0.25) is 0 Å². The smallest absolute Gasteiger partial charge is 0.136 e. The Labute approximate surface area is 80.6 Å². The largest absolute Gasteiger partial charge is 0.392 e. The van der Waals surface area contributed by atoms with Gasteiger partial charge in [0, 0.05) is 11.3 Å². The normalized spacial score (nSPS) is 11.1. The minimum atomic E-state index is -0.150. The lowest BCUT2D eigenvalue weighted by Crippen LogP contribution is -2.01. The van der Waals surface area contributed by atoms with Gasteiger partial charge in [-0.3, -0.25) is 0 Å². The van der Waals surface area contributed by atoms with Crippen molar-refractivity contribution in [1.29, 1.82) is 0 Å².